The zero-order valence-corrected chi connectivity index (χ0v) is 14.4. The molecular formula is C15H21Cl2NO2S. The van der Waals surface area contributed by atoms with Crippen LogP contribution in [0.1, 0.15) is 31.7 Å². The molecule has 2 atom stereocenters. The van der Waals surface area contributed by atoms with E-state index in [0.29, 0.717) is 22.2 Å². The number of hydrogen-bond acceptors (Lipinski definition) is 3. The number of benzene rings is 1. The van der Waals surface area contributed by atoms with Crippen LogP contribution in [0.2, 0.25) is 10.0 Å². The molecule has 1 saturated heterocycles. The lowest BCUT2D eigenvalue weighted by Gasteiger charge is -2.31. The van der Waals surface area contributed by atoms with Crippen LogP contribution in [0.3, 0.4) is 0 Å². The molecule has 2 rings (SSSR count). The van der Waals surface area contributed by atoms with Crippen LogP contribution in [0, 0.1) is 0 Å². The molecule has 1 aliphatic rings. The third-order valence-electron chi connectivity index (χ3n) is 4.02. The van der Waals surface area contributed by atoms with Gasteiger partial charge in [0, 0.05) is 6.04 Å². The van der Waals surface area contributed by atoms with Crippen LogP contribution < -0.4 is 5.32 Å². The SMILES string of the molecule is CCNC(Cc1cccc(Cl)c1Cl)C1CCCCS1(=O)=O. The van der Waals surface area contributed by atoms with Gasteiger partial charge in [0.2, 0.25) is 0 Å². The summed E-state index contributed by atoms with van der Waals surface area (Å²) >= 11 is 12.3. The van der Waals surface area contributed by atoms with Gasteiger partial charge in [0.15, 0.2) is 9.84 Å². The molecule has 1 aliphatic heterocycles. The minimum Gasteiger partial charge on any atom is -0.313 e. The predicted octanol–water partition coefficient (Wildman–Crippen LogP) is 3.48. The summed E-state index contributed by atoms with van der Waals surface area (Å²) < 4.78 is 24.7. The number of likely N-dealkylation sites (N-methyl/N-ethyl adjacent to an activating group) is 1. The molecular weight excluding hydrogens is 329 g/mol. The van der Waals surface area contributed by atoms with Crippen LogP contribution in [0.25, 0.3) is 0 Å². The molecule has 2 unspecified atom stereocenters. The summed E-state index contributed by atoms with van der Waals surface area (Å²) in [5.41, 5.74) is 0.899. The molecule has 0 aromatic heterocycles. The summed E-state index contributed by atoms with van der Waals surface area (Å²) in [5.74, 6) is 0.294. The molecule has 3 nitrogen and oxygen atoms in total. The van der Waals surface area contributed by atoms with Crippen LogP contribution in [0.15, 0.2) is 18.2 Å². The molecule has 0 amide bonds. The van der Waals surface area contributed by atoms with Crippen LogP contribution >= 0.6 is 23.2 Å². The standard InChI is InChI=1S/C15H21Cl2NO2S/c1-2-18-13(14-8-3-4-9-21(14,19)20)10-11-6-5-7-12(16)15(11)17/h5-7,13-14,18H,2-4,8-10H2,1H3. The molecule has 118 valence electrons. The van der Waals surface area contributed by atoms with E-state index in [-0.39, 0.29) is 11.3 Å². The van der Waals surface area contributed by atoms with Crippen molar-refractivity contribution in [2.24, 2.45) is 0 Å². The molecule has 0 spiro atoms. The Morgan fingerprint density at radius 3 is 2.76 bits per heavy atom. The van der Waals surface area contributed by atoms with Crippen molar-refractivity contribution < 1.29 is 8.42 Å². The van der Waals surface area contributed by atoms with Crippen molar-refractivity contribution in [2.45, 2.75) is 43.9 Å². The zero-order valence-electron chi connectivity index (χ0n) is 12.1. The molecule has 1 fully saturated rings. The molecule has 1 N–H and O–H groups in total. The maximum absolute atomic E-state index is 12.3. The van der Waals surface area contributed by atoms with Crippen LogP contribution in [0.5, 0.6) is 0 Å². The van der Waals surface area contributed by atoms with Gasteiger partial charge >= 0.3 is 0 Å². The Morgan fingerprint density at radius 2 is 2.10 bits per heavy atom. The Hall–Kier alpha value is -0.290. The lowest BCUT2D eigenvalue weighted by Crippen LogP contribution is -2.47. The summed E-state index contributed by atoms with van der Waals surface area (Å²) in [4.78, 5) is 0. The summed E-state index contributed by atoms with van der Waals surface area (Å²) in [6.45, 7) is 2.72. The topological polar surface area (TPSA) is 46.2 Å². The van der Waals surface area contributed by atoms with Gasteiger partial charge in [-0.25, -0.2) is 8.42 Å². The van der Waals surface area contributed by atoms with Crippen molar-refractivity contribution in [3.8, 4) is 0 Å². The van der Waals surface area contributed by atoms with Gasteiger partial charge in [-0.05, 0) is 37.4 Å². The first-order valence-electron chi connectivity index (χ1n) is 7.33. The normalized spacial score (nSPS) is 22.9. The van der Waals surface area contributed by atoms with Crippen molar-refractivity contribution in [1.82, 2.24) is 5.32 Å². The van der Waals surface area contributed by atoms with Crippen LogP contribution in [0.4, 0.5) is 0 Å². The fraction of sp³-hybridized carbons (Fsp3) is 0.600. The number of rotatable bonds is 5. The fourth-order valence-corrected chi connectivity index (χ4v) is 5.50. The van der Waals surface area contributed by atoms with E-state index in [1.807, 2.05) is 19.1 Å². The van der Waals surface area contributed by atoms with E-state index in [2.05, 4.69) is 5.32 Å². The highest BCUT2D eigenvalue weighted by Gasteiger charge is 2.35. The highest BCUT2D eigenvalue weighted by Crippen LogP contribution is 2.29. The average Bonchev–Trinajstić information content (AvgIpc) is 2.43. The lowest BCUT2D eigenvalue weighted by atomic mass is 9.99. The Labute approximate surface area is 136 Å². The quantitative estimate of drug-likeness (QED) is 0.884. The molecule has 1 heterocycles. The fourth-order valence-electron chi connectivity index (χ4n) is 2.97. The van der Waals surface area contributed by atoms with Gasteiger partial charge in [-0.15, -0.1) is 0 Å². The Balaban J connectivity index is 2.25. The summed E-state index contributed by atoms with van der Waals surface area (Å²) in [6.07, 6.45) is 3.04. The van der Waals surface area contributed by atoms with E-state index >= 15 is 0 Å². The van der Waals surface area contributed by atoms with Gasteiger partial charge in [0.1, 0.15) is 0 Å². The molecule has 21 heavy (non-hydrogen) atoms. The smallest absolute Gasteiger partial charge is 0.154 e. The average molecular weight is 350 g/mol. The highest BCUT2D eigenvalue weighted by atomic mass is 35.5. The maximum Gasteiger partial charge on any atom is 0.154 e. The third-order valence-corrected chi connectivity index (χ3v) is 7.22. The third kappa shape index (κ3) is 4.13. The number of nitrogens with one attached hydrogen (secondary N) is 1. The Kier molecular flexibility index (Phi) is 5.95. The Morgan fingerprint density at radius 1 is 1.33 bits per heavy atom. The van der Waals surface area contributed by atoms with E-state index in [1.165, 1.54) is 0 Å². The molecule has 6 heteroatoms. The minimum absolute atomic E-state index is 0.115. The lowest BCUT2D eigenvalue weighted by molar-refractivity contribution is 0.441. The van der Waals surface area contributed by atoms with Crippen molar-refractivity contribution in [3.63, 3.8) is 0 Å². The number of hydrogen-bond donors (Lipinski definition) is 1. The van der Waals surface area contributed by atoms with Gasteiger partial charge in [0.05, 0.1) is 21.0 Å². The van der Waals surface area contributed by atoms with Gasteiger partial charge < -0.3 is 5.32 Å². The molecule has 0 aliphatic carbocycles. The van der Waals surface area contributed by atoms with Gasteiger partial charge in [-0.3, -0.25) is 0 Å². The predicted molar refractivity (Wildman–Crippen MR) is 89.1 cm³/mol. The number of sulfone groups is 1. The Bertz CT molecular complexity index is 589. The minimum atomic E-state index is -3.03. The monoisotopic (exact) mass is 349 g/mol. The van der Waals surface area contributed by atoms with Crippen molar-refractivity contribution in [1.29, 1.82) is 0 Å². The molecule has 0 radical (unpaired) electrons. The molecule has 0 saturated carbocycles. The summed E-state index contributed by atoms with van der Waals surface area (Å²) in [7, 11) is -3.03. The van der Waals surface area contributed by atoms with E-state index in [0.717, 1.165) is 31.4 Å². The van der Waals surface area contributed by atoms with Gasteiger partial charge in [-0.2, -0.15) is 0 Å². The largest absolute Gasteiger partial charge is 0.313 e. The first-order chi connectivity index (χ1) is 9.95. The van der Waals surface area contributed by atoms with Crippen molar-refractivity contribution in [2.75, 3.05) is 12.3 Å². The second-order valence-corrected chi connectivity index (χ2v) is 8.61. The molecule has 0 bridgehead atoms. The maximum atomic E-state index is 12.3. The number of halogens is 2. The molecule has 1 aromatic rings. The van der Waals surface area contributed by atoms with E-state index in [9.17, 15) is 8.42 Å². The van der Waals surface area contributed by atoms with Gasteiger partial charge in [-0.1, -0.05) is 48.7 Å². The van der Waals surface area contributed by atoms with Crippen molar-refractivity contribution >= 4 is 33.0 Å². The molecule has 1 aromatic carbocycles. The van der Waals surface area contributed by atoms with Crippen LogP contribution in [-0.4, -0.2) is 32.0 Å². The van der Waals surface area contributed by atoms with Gasteiger partial charge in [0.25, 0.3) is 0 Å². The van der Waals surface area contributed by atoms with Crippen LogP contribution in [-0.2, 0) is 16.3 Å². The van der Waals surface area contributed by atoms with E-state index in [4.69, 9.17) is 23.2 Å². The summed E-state index contributed by atoms with van der Waals surface area (Å²) in [5, 5.41) is 4.02. The first-order valence-corrected chi connectivity index (χ1v) is 9.80. The van der Waals surface area contributed by atoms with E-state index in [1.54, 1.807) is 6.07 Å². The zero-order chi connectivity index (χ0) is 15.5. The second-order valence-electron chi connectivity index (χ2n) is 5.48. The first kappa shape index (κ1) is 17.1. The van der Waals surface area contributed by atoms with E-state index < -0.39 is 9.84 Å². The second kappa shape index (κ2) is 7.32. The summed E-state index contributed by atoms with van der Waals surface area (Å²) in [6, 6.07) is 5.39. The van der Waals surface area contributed by atoms with Crippen molar-refractivity contribution in [3.05, 3.63) is 33.8 Å². The highest BCUT2D eigenvalue weighted by molar-refractivity contribution is 7.92.